The van der Waals surface area contributed by atoms with Crippen LogP contribution in [-0.4, -0.2) is 64.1 Å². The summed E-state index contributed by atoms with van der Waals surface area (Å²) in [6, 6.07) is 5.82. The maximum absolute atomic E-state index is 12.3. The number of anilines is 2. The van der Waals surface area contributed by atoms with Crippen molar-refractivity contribution in [1.29, 1.82) is 0 Å². The van der Waals surface area contributed by atoms with Crippen LogP contribution >= 0.6 is 0 Å². The number of nitrogens with one attached hydrogen (secondary N) is 2. The zero-order chi connectivity index (χ0) is 22.5. The monoisotopic (exact) mass is 461 g/mol. The summed E-state index contributed by atoms with van der Waals surface area (Å²) >= 11 is 0. The molecule has 0 aliphatic carbocycles. The summed E-state index contributed by atoms with van der Waals surface area (Å²) in [6.07, 6.45) is -4.84. The lowest BCUT2D eigenvalue weighted by molar-refractivity contribution is -0.274. The van der Waals surface area contributed by atoms with Gasteiger partial charge in [0.15, 0.2) is 0 Å². The van der Waals surface area contributed by atoms with Gasteiger partial charge in [-0.05, 0) is 31.2 Å². The van der Waals surface area contributed by atoms with Crippen molar-refractivity contribution in [3.05, 3.63) is 36.0 Å². The topological polar surface area (TPSA) is 106 Å². The van der Waals surface area contributed by atoms with Crippen LogP contribution in [0.5, 0.6) is 5.75 Å². The second-order valence-electron chi connectivity index (χ2n) is 6.63. The first-order valence-corrected chi connectivity index (χ1v) is 10.9. The van der Waals surface area contributed by atoms with Crippen LogP contribution in [0.15, 0.2) is 35.2 Å². The van der Waals surface area contributed by atoms with Crippen molar-refractivity contribution in [2.24, 2.45) is 0 Å². The Kier molecular flexibility index (Phi) is 7.18. The summed E-state index contributed by atoms with van der Waals surface area (Å²) < 4.78 is 72.6. The molecule has 1 aromatic carbocycles. The maximum Gasteiger partial charge on any atom is 0.573 e. The first-order chi connectivity index (χ1) is 14.6. The highest BCUT2D eigenvalue weighted by Gasteiger charge is 2.31. The van der Waals surface area contributed by atoms with Crippen molar-refractivity contribution >= 4 is 21.8 Å². The van der Waals surface area contributed by atoms with Gasteiger partial charge < -0.3 is 19.7 Å². The largest absolute Gasteiger partial charge is 0.573 e. The van der Waals surface area contributed by atoms with Gasteiger partial charge in [0.2, 0.25) is 16.0 Å². The second kappa shape index (κ2) is 9.66. The Hall–Kier alpha value is -2.64. The Morgan fingerprint density at radius 2 is 1.81 bits per heavy atom. The third-order valence-electron chi connectivity index (χ3n) is 4.24. The Bertz CT molecular complexity index is 981. The van der Waals surface area contributed by atoms with Crippen LogP contribution in [0.25, 0.3) is 0 Å². The van der Waals surface area contributed by atoms with E-state index in [0.717, 1.165) is 48.9 Å². The van der Waals surface area contributed by atoms with E-state index in [0.29, 0.717) is 19.2 Å². The highest BCUT2D eigenvalue weighted by molar-refractivity contribution is 7.89. The molecule has 0 amide bonds. The molecule has 3 rings (SSSR count). The van der Waals surface area contributed by atoms with Crippen LogP contribution in [0.1, 0.15) is 5.69 Å². The van der Waals surface area contributed by atoms with E-state index in [1.54, 1.807) is 0 Å². The predicted octanol–water partition coefficient (Wildman–Crippen LogP) is 1.91. The van der Waals surface area contributed by atoms with E-state index in [4.69, 9.17) is 4.74 Å². The Morgan fingerprint density at radius 3 is 2.45 bits per heavy atom. The number of morpholine rings is 1. The van der Waals surface area contributed by atoms with Crippen LogP contribution in [0.3, 0.4) is 0 Å². The number of aryl methyl sites for hydroxylation is 1. The van der Waals surface area contributed by atoms with E-state index in [2.05, 4.69) is 29.6 Å². The molecule has 0 atom stereocenters. The van der Waals surface area contributed by atoms with Crippen LogP contribution < -0.4 is 19.7 Å². The Balaban J connectivity index is 1.53. The fraction of sp³-hybridized carbons (Fsp3) is 0.444. The van der Waals surface area contributed by atoms with Gasteiger partial charge in [0.1, 0.15) is 11.6 Å². The summed E-state index contributed by atoms with van der Waals surface area (Å²) in [5, 5.41) is 2.97. The van der Waals surface area contributed by atoms with Gasteiger partial charge in [-0.3, -0.25) is 0 Å². The minimum absolute atomic E-state index is 0.0212. The molecule has 170 valence electrons. The molecule has 9 nitrogen and oxygen atoms in total. The van der Waals surface area contributed by atoms with Crippen molar-refractivity contribution in [1.82, 2.24) is 14.7 Å². The van der Waals surface area contributed by atoms with Gasteiger partial charge in [-0.1, -0.05) is 0 Å². The molecular formula is C18H22F3N5O4S. The molecule has 0 spiro atoms. The molecule has 1 fully saturated rings. The van der Waals surface area contributed by atoms with Crippen LogP contribution in [0.4, 0.5) is 24.9 Å². The Labute approximate surface area is 177 Å². The maximum atomic E-state index is 12.3. The van der Waals surface area contributed by atoms with Gasteiger partial charge in [-0.2, -0.15) is 4.98 Å². The molecule has 1 aliphatic heterocycles. The van der Waals surface area contributed by atoms with Crippen molar-refractivity contribution in [3.8, 4) is 5.75 Å². The second-order valence-corrected chi connectivity index (χ2v) is 8.40. The lowest BCUT2D eigenvalue weighted by atomic mass is 10.3. The van der Waals surface area contributed by atoms with Gasteiger partial charge >= 0.3 is 6.36 Å². The SMILES string of the molecule is Cc1cc(N2CCOCC2)nc(NCCNS(=O)(=O)c2ccc(OC(F)(F)F)cc2)n1. The summed E-state index contributed by atoms with van der Waals surface area (Å²) in [7, 11) is -3.90. The van der Waals surface area contributed by atoms with Gasteiger partial charge in [0, 0.05) is 37.9 Å². The van der Waals surface area contributed by atoms with Crippen LogP contribution in [-0.2, 0) is 14.8 Å². The number of ether oxygens (including phenoxy) is 2. The average molecular weight is 461 g/mol. The minimum atomic E-state index is -4.84. The van der Waals surface area contributed by atoms with Crippen LogP contribution in [0, 0.1) is 6.92 Å². The van der Waals surface area contributed by atoms with Gasteiger partial charge in [0.05, 0.1) is 18.1 Å². The molecule has 1 aliphatic rings. The quantitative estimate of drug-likeness (QED) is 0.575. The number of hydrogen-bond donors (Lipinski definition) is 2. The first kappa shape index (κ1) is 23.0. The van der Waals surface area contributed by atoms with Gasteiger partial charge in [0.25, 0.3) is 0 Å². The molecular weight excluding hydrogens is 439 g/mol. The third-order valence-corrected chi connectivity index (χ3v) is 5.72. The summed E-state index contributed by atoms with van der Waals surface area (Å²) in [6.45, 7) is 4.76. The normalized spacial score (nSPS) is 15.0. The van der Waals surface area contributed by atoms with E-state index in [1.165, 1.54) is 0 Å². The minimum Gasteiger partial charge on any atom is -0.406 e. The fourth-order valence-corrected chi connectivity index (χ4v) is 3.88. The standard InChI is InChI=1S/C18H22F3N5O4S/c1-13-12-16(26-8-10-29-11-9-26)25-17(24-13)22-6-7-23-31(27,28)15-4-2-14(3-5-15)30-18(19,20)21/h2-5,12,23H,6-11H2,1H3,(H,22,24,25). The molecule has 2 heterocycles. The lowest BCUT2D eigenvalue weighted by Gasteiger charge is -2.28. The predicted molar refractivity (Wildman–Crippen MR) is 107 cm³/mol. The molecule has 2 N–H and O–H groups in total. The molecule has 31 heavy (non-hydrogen) atoms. The smallest absolute Gasteiger partial charge is 0.406 e. The number of benzene rings is 1. The third kappa shape index (κ3) is 6.94. The average Bonchev–Trinajstić information content (AvgIpc) is 2.71. The van der Waals surface area contributed by atoms with Crippen LogP contribution in [0.2, 0.25) is 0 Å². The van der Waals surface area contributed by atoms with Crippen molar-refractivity contribution in [3.63, 3.8) is 0 Å². The van der Waals surface area contributed by atoms with E-state index >= 15 is 0 Å². The number of hydrogen-bond acceptors (Lipinski definition) is 8. The van der Waals surface area contributed by atoms with E-state index in [9.17, 15) is 21.6 Å². The molecule has 0 radical (unpaired) electrons. The number of aromatic nitrogens is 2. The molecule has 1 saturated heterocycles. The van der Waals surface area contributed by atoms with E-state index in [-0.39, 0.29) is 18.0 Å². The molecule has 2 aromatic rings. The summed E-state index contributed by atoms with van der Waals surface area (Å²) in [5.41, 5.74) is 0.765. The summed E-state index contributed by atoms with van der Waals surface area (Å²) in [4.78, 5) is 10.7. The van der Waals surface area contributed by atoms with Crippen molar-refractivity contribution in [2.45, 2.75) is 18.2 Å². The molecule has 0 saturated carbocycles. The molecule has 0 bridgehead atoms. The van der Waals surface area contributed by atoms with Crippen molar-refractivity contribution in [2.75, 3.05) is 49.6 Å². The zero-order valence-electron chi connectivity index (χ0n) is 16.6. The lowest BCUT2D eigenvalue weighted by Crippen LogP contribution is -2.37. The number of halogens is 3. The Morgan fingerprint density at radius 1 is 1.13 bits per heavy atom. The molecule has 13 heteroatoms. The van der Waals surface area contributed by atoms with Crippen molar-refractivity contribution < 1.29 is 31.1 Å². The zero-order valence-corrected chi connectivity index (χ0v) is 17.5. The number of rotatable bonds is 8. The number of nitrogens with zero attached hydrogens (tertiary/aromatic N) is 3. The number of sulfonamides is 1. The van der Waals surface area contributed by atoms with Gasteiger partial charge in [-0.25, -0.2) is 18.1 Å². The number of alkyl halides is 3. The highest BCUT2D eigenvalue weighted by atomic mass is 32.2. The van der Waals surface area contributed by atoms with E-state index in [1.807, 2.05) is 13.0 Å². The van der Waals surface area contributed by atoms with Gasteiger partial charge in [-0.15, -0.1) is 13.2 Å². The molecule has 0 unspecified atom stereocenters. The summed E-state index contributed by atoms with van der Waals surface area (Å²) in [5.74, 6) is 0.634. The van der Waals surface area contributed by atoms with E-state index < -0.39 is 22.1 Å². The first-order valence-electron chi connectivity index (χ1n) is 9.40. The fourth-order valence-electron chi connectivity index (χ4n) is 2.85. The highest BCUT2D eigenvalue weighted by Crippen LogP contribution is 2.23. The molecule has 1 aromatic heterocycles.